The van der Waals surface area contributed by atoms with Crippen LogP contribution in [-0.2, 0) is 32.6 Å². The molecule has 4 aromatic carbocycles. The standard InChI is InChI=1S/C36H41N3O4S/c1-27-16-12-14-20-30(27)25-38(33(35(41)37-36(3,4)5)24-29-18-8-6-9-19-29)34(40)26-39(32-23-15-13-17-28(32)2)44(42,43)31-21-10-7-11-22-31/h6-23,33H,24-26H2,1-5H3,(H,37,41)/t33-/m0/s1. The zero-order chi connectivity index (χ0) is 31.9. The Labute approximate surface area is 261 Å². The van der Waals surface area contributed by atoms with Gasteiger partial charge >= 0.3 is 0 Å². The van der Waals surface area contributed by atoms with Gasteiger partial charge < -0.3 is 10.2 Å². The Morgan fingerprint density at radius 3 is 1.89 bits per heavy atom. The maximum atomic E-state index is 14.6. The third-order valence-corrected chi connectivity index (χ3v) is 9.14. The predicted molar refractivity (Wildman–Crippen MR) is 176 cm³/mol. The highest BCUT2D eigenvalue weighted by Crippen LogP contribution is 2.28. The lowest BCUT2D eigenvalue weighted by atomic mass is 10.00. The number of hydrogen-bond donors (Lipinski definition) is 1. The lowest BCUT2D eigenvalue weighted by Crippen LogP contribution is -2.56. The quantitative estimate of drug-likeness (QED) is 0.224. The summed E-state index contributed by atoms with van der Waals surface area (Å²) in [6.07, 6.45) is 0.260. The molecule has 230 valence electrons. The highest BCUT2D eigenvalue weighted by atomic mass is 32.2. The van der Waals surface area contributed by atoms with Gasteiger partial charge in [-0.2, -0.15) is 0 Å². The first-order chi connectivity index (χ1) is 20.9. The van der Waals surface area contributed by atoms with E-state index in [0.717, 1.165) is 21.0 Å². The van der Waals surface area contributed by atoms with Crippen LogP contribution in [0.1, 0.15) is 43.0 Å². The maximum absolute atomic E-state index is 14.6. The Bertz CT molecular complexity index is 1680. The number of sulfonamides is 1. The van der Waals surface area contributed by atoms with Crippen LogP contribution in [0.25, 0.3) is 0 Å². The van der Waals surface area contributed by atoms with E-state index >= 15 is 0 Å². The molecule has 0 unspecified atom stereocenters. The third-order valence-electron chi connectivity index (χ3n) is 7.37. The van der Waals surface area contributed by atoms with Crippen LogP contribution in [0.5, 0.6) is 0 Å². The van der Waals surface area contributed by atoms with Crippen molar-refractivity contribution in [3.8, 4) is 0 Å². The van der Waals surface area contributed by atoms with E-state index in [1.54, 1.807) is 30.3 Å². The number of anilines is 1. The van der Waals surface area contributed by atoms with Crippen molar-refractivity contribution in [2.75, 3.05) is 10.8 Å². The van der Waals surface area contributed by atoms with Crippen LogP contribution >= 0.6 is 0 Å². The second-order valence-electron chi connectivity index (χ2n) is 12.0. The van der Waals surface area contributed by atoms with Gasteiger partial charge in [-0.1, -0.05) is 91.0 Å². The van der Waals surface area contributed by atoms with Crippen molar-refractivity contribution < 1.29 is 18.0 Å². The molecule has 0 aliphatic heterocycles. The summed E-state index contributed by atoms with van der Waals surface area (Å²) in [7, 11) is -4.13. The number of nitrogens with one attached hydrogen (secondary N) is 1. The Kier molecular flexibility index (Phi) is 10.3. The largest absolute Gasteiger partial charge is 0.350 e. The molecule has 0 fully saturated rings. The summed E-state index contributed by atoms with van der Waals surface area (Å²) in [6.45, 7) is 9.10. The van der Waals surface area contributed by atoms with Gasteiger partial charge in [0.05, 0.1) is 10.6 Å². The Balaban J connectivity index is 1.83. The first-order valence-corrected chi connectivity index (χ1v) is 16.1. The first-order valence-electron chi connectivity index (χ1n) is 14.7. The van der Waals surface area contributed by atoms with E-state index in [2.05, 4.69) is 5.32 Å². The number of aryl methyl sites for hydroxylation is 2. The molecule has 0 aromatic heterocycles. The minimum absolute atomic E-state index is 0.0767. The van der Waals surface area contributed by atoms with Crippen molar-refractivity contribution in [3.05, 3.63) is 131 Å². The predicted octanol–water partition coefficient (Wildman–Crippen LogP) is 6.05. The molecule has 4 aromatic rings. The van der Waals surface area contributed by atoms with Gasteiger partial charge in [0.15, 0.2) is 0 Å². The number of amides is 2. The van der Waals surface area contributed by atoms with Crippen molar-refractivity contribution in [1.82, 2.24) is 10.2 Å². The fraction of sp³-hybridized carbons (Fsp3) is 0.278. The number of rotatable bonds is 11. The number of carbonyl (C=O) groups excluding carboxylic acids is 2. The summed E-state index contributed by atoms with van der Waals surface area (Å²) in [5.74, 6) is -0.794. The van der Waals surface area contributed by atoms with Gasteiger partial charge in [-0.25, -0.2) is 8.42 Å². The normalized spacial score (nSPS) is 12.3. The summed E-state index contributed by atoms with van der Waals surface area (Å²) in [5.41, 5.74) is 3.28. The van der Waals surface area contributed by atoms with Crippen molar-refractivity contribution in [2.24, 2.45) is 0 Å². The van der Waals surface area contributed by atoms with E-state index in [-0.39, 0.29) is 23.8 Å². The summed E-state index contributed by atoms with van der Waals surface area (Å²) in [6, 6.07) is 31.5. The van der Waals surface area contributed by atoms with Crippen molar-refractivity contribution in [2.45, 2.75) is 64.1 Å². The number of hydrogen-bond acceptors (Lipinski definition) is 4. The molecular weight excluding hydrogens is 570 g/mol. The van der Waals surface area contributed by atoms with Crippen LogP contribution in [0.3, 0.4) is 0 Å². The average Bonchev–Trinajstić information content (AvgIpc) is 2.99. The molecule has 0 spiro atoms. The van der Waals surface area contributed by atoms with Crippen molar-refractivity contribution >= 4 is 27.5 Å². The van der Waals surface area contributed by atoms with Crippen LogP contribution in [0.4, 0.5) is 5.69 Å². The number of nitrogens with zero attached hydrogens (tertiary/aromatic N) is 2. The minimum Gasteiger partial charge on any atom is -0.350 e. The van der Waals surface area contributed by atoms with Crippen LogP contribution < -0.4 is 9.62 Å². The molecular formula is C36H41N3O4S. The fourth-order valence-corrected chi connectivity index (χ4v) is 6.55. The molecule has 8 heteroatoms. The Hall–Kier alpha value is -4.43. The molecule has 2 amide bonds. The van der Waals surface area contributed by atoms with E-state index in [1.165, 1.54) is 17.0 Å². The monoisotopic (exact) mass is 611 g/mol. The van der Waals surface area contributed by atoms with Gasteiger partial charge in [0.1, 0.15) is 12.6 Å². The number of para-hydroxylation sites is 1. The van der Waals surface area contributed by atoms with Crippen LogP contribution in [0.15, 0.2) is 114 Å². The number of benzene rings is 4. The topological polar surface area (TPSA) is 86.8 Å². The summed E-state index contributed by atoms with van der Waals surface area (Å²) < 4.78 is 29.4. The van der Waals surface area contributed by atoms with Gasteiger partial charge in [0.2, 0.25) is 11.8 Å². The molecule has 0 aliphatic carbocycles. The van der Waals surface area contributed by atoms with Gasteiger partial charge in [-0.3, -0.25) is 13.9 Å². The first kappa shape index (κ1) is 32.5. The molecule has 1 atom stereocenters. The maximum Gasteiger partial charge on any atom is 0.264 e. The molecule has 0 saturated heterocycles. The summed E-state index contributed by atoms with van der Waals surface area (Å²) >= 11 is 0. The summed E-state index contributed by atoms with van der Waals surface area (Å²) in [5, 5.41) is 3.06. The van der Waals surface area contributed by atoms with E-state index in [0.29, 0.717) is 11.3 Å². The molecule has 0 radical (unpaired) electrons. The van der Waals surface area contributed by atoms with Crippen molar-refractivity contribution in [1.29, 1.82) is 0 Å². The van der Waals surface area contributed by atoms with E-state index in [4.69, 9.17) is 0 Å². The molecule has 0 aliphatic rings. The van der Waals surface area contributed by atoms with Gasteiger partial charge in [-0.05, 0) is 75.1 Å². The van der Waals surface area contributed by atoms with E-state index < -0.39 is 34.1 Å². The number of carbonyl (C=O) groups is 2. The second-order valence-corrected chi connectivity index (χ2v) is 13.9. The van der Waals surface area contributed by atoms with Crippen LogP contribution in [0.2, 0.25) is 0 Å². The van der Waals surface area contributed by atoms with Gasteiger partial charge in [-0.15, -0.1) is 0 Å². The van der Waals surface area contributed by atoms with Gasteiger partial charge in [0, 0.05) is 18.5 Å². The fourth-order valence-electron chi connectivity index (χ4n) is 5.05. The van der Waals surface area contributed by atoms with E-state index in [9.17, 15) is 18.0 Å². The zero-order valence-electron chi connectivity index (χ0n) is 26.0. The van der Waals surface area contributed by atoms with E-state index in [1.807, 2.05) is 101 Å². The molecule has 0 saturated carbocycles. The van der Waals surface area contributed by atoms with Crippen LogP contribution in [-0.4, -0.2) is 43.3 Å². The Morgan fingerprint density at radius 2 is 1.30 bits per heavy atom. The third kappa shape index (κ3) is 8.14. The van der Waals surface area contributed by atoms with Crippen molar-refractivity contribution in [3.63, 3.8) is 0 Å². The average molecular weight is 612 g/mol. The van der Waals surface area contributed by atoms with Crippen LogP contribution in [0, 0.1) is 13.8 Å². The smallest absolute Gasteiger partial charge is 0.264 e. The molecule has 7 nitrogen and oxygen atoms in total. The summed E-state index contributed by atoms with van der Waals surface area (Å²) in [4.78, 5) is 30.2. The lowest BCUT2D eigenvalue weighted by Gasteiger charge is -2.35. The minimum atomic E-state index is -4.13. The molecule has 4 rings (SSSR count). The molecule has 0 heterocycles. The molecule has 1 N–H and O–H groups in total. The highest BCUT2D eigenvalue weighted by molar-refractivity contribution is 7.92. The Morgan fingerprint density at radius 1 is 0.750 bits per heavy atom. The van der Waals surface area contributed by atoms with Gasteiger partial charge in [0.25, 0.3) is 10.0 Å². The molecule has 44 heavy (non-hydrogen) atoms. The molecule has 0 bridgehead atoms. The zero-order valence-corrected chi connectivity index (χ0v) is 26.8. The SMILES string of the molecule is Cc1ccccc1CN(C(=O)CN(c1ccccc1C)S(=O)(=O)c1ccccc1)[C@@H](Cc1ccccc1)C(=O)NC(C)(C)C. The second kappa shape index (κ2) is 13.9. The lowest BCUT2D eigenvalue weighted by molar-refractivity contribution is -0.140. The highest BCUT2D eigenvalue weighted by Gasteiger charge is 2.36.